The number of hydrogen-bond donors (Lipinski definition) is 0. The predicted molar refractivity (Wildman–Crippen MR) is 104 cm³/mol. The van der Waals surface area contributed by atoms with Crippen LogP contribution in [0.4, 0.5) is 0 Å². The third-order valence-electron chi connectivity index (χ3n) is 5.45. The number of amides is 2. The van der Waals surface area contributed by atoms with Crippen LogP contribution in [0.25, 0.3) is 0 Å². The Bertz CT molecular complexity index is 726. The molecule has 0 saturated carbocycles. The van der Waals surface area contributed by atoms with Crippen molar-refractivity contribution in [2.45, 2.75) is 50.3 Å². The largest absolute Gasteiger partial charge is 0.351 e. The molecule has 0 radical (unpaired) electrons. The van der Waals surface area contributed by atoms with Gasteiger partial charge in [-0.05, 0) is 30.4 Å². The number of aliphatic imine (C=N–C) groups is 1. The first-order valence-corrected chi connectivity index (χ1v) is 10.5. The second-order valence-corrected chi connectivity index (χ2v) is 8.45. The minimum Gasteiger partial charge on any atom is -0.351 e. The molecule has 0 spiro atoms. The number of carbonyl (C=O) groups excluding carboxylic acids is 2. The van der Waals surface area contributed by atoms with Crippen molar-refractivity contribution in [2.75, 3.05) is 19.6 Å². The van der Waals surface area contributed by atoms with Crippen LogP contribution in [0.15, 0.2) is 29.3 Å². The zero-order chi connectivity index (χ0) is 17.9. The van der Waals surface area contributed by atoms with Gasteiger partial charge >= 0.3 is 0 Å². The molecule has 4 rings (SSSR count). The van der Waals surface area contributed by atoms with Crippen LogP contribution in [0, 0.1) is 0 Å². The van der Waals surface area contributed by atoms with Crippen LogP contribution in [-0.2, 0) is 22.6 Å². The quantitative estimate of drug-likeness (QED) is 0.802. The summed E-state index contributed by atoms with van der Waals surface area (Å²) in [5.74, 6) is -0.0716. The Kier molecular flexibility index (Phi) is 5.29. The standard InChI is InChI=1S/C20H25N3O2S/c24-18(23-12-9-15-7-3-4-8-16(15)14-23)13-17-19(25)21-20(26-17)22-10-5-1-2-6-11-22/h3-4,7-8,17H,1-2,5-6,9-14H2. The summed E-state index contributed by atoms with van der Waals surface area (Å²) < 4.78 is 0. The normalized spacial score (nSPS) is 23.5. The van der Waals surface area contributed by atoms with Crippen LogP contribution >= 0.6 is 11.8 Å². The Morgan fingerprint density at radius 3 is 2.58 bits per heavy atom. The van der Waals surface area contributed by atoms with Gasteiger partial charge in [-0.3, -0.25) is 9.59 Å². The number of likely N-dealkylation sites (tertiary alicyclic amines) is 1. The molecule has 3 aliphatic rings. The molecular weight excluding hydrogens is 346 g/mol. The highest BCUT2D eigenvalue weighted by Gasteiger charge is 2.34. The van der Waals surface area contributed by atoms with Gasteiger partial charge in [-0.1, -0.05) is 48.9 Å². The number of fused-ring (bicyclic) bond motifs is 1. The first-order valence-electron chi connectivity index (χ1n) is 9.59. The molecular formula is C20H25N3O2S. The fourth-order valence-corrected chi connectivity index (χ4v) is 5.01. The number of rotatable bonds is 2. The van der Waals surface area contributed by atoms with Gasteiger partial charge in [-0.25, -0.2) is 0 Å². The van der Waals surface area contributed by atoms with E-state index in [1.165, 1.54) is 35.7 Å². The smallest absolute Gasteiger partial charge is 0.262 e. The Hall–Kier alpha value is -1.82. The van der Waals surface area contributed by atoms with E-state index in [9.17, 15) is 9.59 Å². The van der Waals surface area contributed by atoms with E-state index in [1.807, 2.05) is 17.0 Å². The van der Waals surface area contributed by atoms with Gasteiger partial charge in [0.25, 0.3) is 5.91 Å². The summed E-state index contributed by atoms with van der Waals surface area (Å²) in [5.41, 5.74) is 2.55. The first kappa shape index (κ1) is 17.6. The van der Waals surface area contributed by atoms with Crippen LogP contribution in [0.5, 0.6) is 0 Å². The Morgan fingerprint density at radius 1 is 1.08 bits per heavy atom. The second-order valence-electron chi connectivity index (χ2n) is 7.28. The summed E-state index contributed by atoms with van der Waals surface area (Å²) in [6.45, 7) is 3.34. The average molecular weight is 372 g/mol. The summed E-state index contributed by atoms with van der Waals surface area (Å²) >= 11 is 1.49. The van der Waals surface area contributed by atoms with Crippen LogP contribution in [0.2, 0.25) is 0 Å². The van der Waals surface area contributed by atoms with E-state index in [1.54, 1.807) is 0 Å². The highest BCUT2D eigenvalue weighted by Crippen LogP contribution is 2.30. The number of amidine groups is 1. The summed E-state index contributed by atoms with van der Waals surface area (Å²) in [7, 11) is 0. The summed E-state index contributed by atoms with van der Waals surface area (Å²) in [6.07, 6.45) is 5.96. The molecule has 6 heteroatoms. The number of nitrogens with zero attached hydrogens (tertiary/aromatic N) is 3. The molecule has 1 aromatic carbocycles. The molecule has 1 atom stereocenters. The van der Waals surface area contributed by atoms with E-state index in [2.05, 4.69) is 22.0 Å². The van der Waals surface area contributed by atoms with Crippen molar-refractivity contribution in [3.8, 4) is 0 Å². The Balaban J connectivity index is 1.35. The fourth-order valence-electron chi connectivity index (χ4n) is 3.90. The van der Waals surface area contributed by atoms with E-state index in [0.717, 1.165) is 44.1 Å². The molecule has 138 valence electrons. The van der Waals surface area contributed by atoms with E-state index in [4.69, 9.17) is 0 Å². The van der Waals surface area contributed by atoms with Crippen molar-refractivity contribution in [3.05, 3.63) is 35.4 Å². The van der Waals surface area contributed by atoms with Gasteiger partial charge in [0, 0.05) is 32.6 Å². The minimum atomic E-state index is -0.349. The van der Waals surface area contributed by atoms with Gasteiger partial charge in [-0.2, -0.15) is 4.99 Å². The third kappa shape index (κ3) is 3.80. The van der Waals surface area contributed by atoms with Crippen LogP contribution in [0.3, 0.4) is 0 Å². The van der Waals surface area contributed by atoms with Gasteiger partial charge in [0.1, 0.15) is 5.25 Å². The molecule has 0 aliphatic carbocycles. The van der Waals surface area contributed by atoms with Crippen molar-refractivity contribution in [3.63, 3.8) is 0 Å². The van der Waals surface area contributed by atoms with Crippen molar-refractivity contribution in [2.24, 2.45) is 4.99 Å². The molecule has 26 heavy (non-hydrogen) atoms. The van der Waals surface area contributed by atoms with Crippen molar-refractivity contribution >= 4 is 28.7 Å². The van der Waals surface area contributed by atoms with Crippen molar-refractivity contribution < 1.29 is 9.59 Å². The lowest BCUT2D eigenvalue weighted by atomic mass is 9.99. The molecule has 3 heterocycles. The van der Waals surface area contributed by atoms with Crippen molar-refractivity contribution in [1.82, 2.24) is 9.80 Å². The summed E-state index contributed by atoms with van der Waals surface area (Å²) in [4.78, 5) is 33.5. The van der Waals surface area contributed by atoms with Crippen molar-refractivity contribution in [1.29, 1.82) is 0 Å². The van der Waals surface area contributed by atoms with Crippen LogP contribution in [-0.4, -0.2) is 51.7 Å². The van der Waals surface area contributed by atoms with Gasteiger partial charge < -0.3 is 9.80 Å². The minimum absolute atomic E-state index is 0.0673. The Morgan fingerprint density at radius 2 is 1.81 bits per heavy atom. The summed E-state index contributed by atoms with van der Waals surface area (Å²) in [5, 5.41) is 0.483. The Labute approximate surface area is 158 Å². The van der Waals surface area contributed by atoms with Gasteiger partial charge in [-0.15, -0.1) is 0 Å². The molecule has 0 aromatic heterocycles. The SMILES string of the molecule is O=C1N=C(N2CCCCCC2)SC1CC(=O)N1CCc2ccccc2C1. The molecule has 2 amide bonds. The maximum absolute atomic E-state index is 12.7. The lowest BCUT2D eigenvalue weighted by molar-refractivity contribution is -0.133. The number of hydrogen-bond acceptors (Lipinski definition) is 4. The molecule has 1 aromatic rings. The maximum atomic E-state index is 12.7. The molecule has 1 saturated heterocycles. The molecule has 0 bridgehead atoms. The lowest BCUT2D eigenvalue weighted by Crippen LogP contribution is -2.38. The van der Waals surface area contributed by atoms with Gasteiger partial charge in [0.15, 0.2) is 5.17 Å². The maximum Gasteiger partial charge on any atom is 0.262 e. The fraction of sp³-hybridized carbons (Fsp3) is 0.550. The van der Waals surface area contributed by atoms with Crippen LogP contribution in [0.1, 0.15) is 43.2 Å². The van der Waals surface area contributed by atoms with E-state index < -0.39 is 0 Å². The molecule has 1 fully saturated rings. The molecule has 5 nitrogen and oxygen atoms in total. The molecule has 3 aliphatic heterocycles. The average Bonchev–Trinajstić information content (AvgIpc) is 2.87. The van der Waals surface area contributed by atoms with E-state index >= 15 is 0 Å². The topological polar surface area (TPSA) is 53.0 Å². The lowest BCUT2D eigenvalue weighted by Gasteiger charge is -2.29. The third-order valence-corrected chi connectivity index (χ3v) is 6.66. The number of benzene rings is 1. The zero-order valence-electron chi connectivity index (χ0n) is 15.0. The predicted octanol–water partition coefficient (Wildman–Crippen LogP) is 2.84. The monoisotopic (exact) mass is 371 g/mol. The number of thioether (sulfide) groups is 1. The highest BCUT2D eigenvalue weighted by molar-refractivity contribution is 8.15. The number of carbonyl (C=O) groups is 2. The summed E-state index contributed by atoms with van der Waals surface area (Å²) in [6, 6.07) is 8.29. The first-order chi connectivity index (χ1) is 12.7. The van der Waals surface area contributed by atoms with Crippen LogP contribution < -0.4 is 0 Å². The van der Waals surface area contributed by atoms with Gasteiger partial charge in [0.2, 0.25) is 5.91 Å². The molecule has 0 N–H and O–H groups in total. The van der Waals surface area contributed by atoms with E-state index in [0.29, 0.717) is 6.54 Å². The van der Waals surface area contributed by atoms with Gasteiger partial charge in [0.05, 0.1) is 0 Å². The second kappa shape index (κ2) is 7.82. The highest BCUT2D eigenvalue weighted by atomic mass is 32.2. The zero-order valence-corrected chi connectivity index (χ0v) is 15.8. The van der Waals surface area contributed by atoms with E-state index in [-0.39, 0.29) is 23.5 Å². The molecule has 1 unspecified atom stereocenters.